The Morgan fingerprint density at radius 3 is 2.65 bits per heavy atom. The first kappa shape index (κ1) is 13.6. The Hall–Kier alpha value is -2.87. The highest BCUT2D eigenvalue weighted by Gasteiger charge is 2.15. The third-order valence-corrected chi connectivity index (χ3v) is 2.59. The molecule has 1 aromatic heterocycles. The second-order valence-corrected chi connectivity index (χ2v) is 4.02. The van der Waals surface area contributed by atoms with Gasteiger partial charge in [-0.25, -0.2) is 4.79 Å². The highest BCUT2D eigenvalue weighted by molar-refractivity contribution is 5.68. The van der Waals surface area contributed by atoms with Crippen LogP contribution < -0.4 is 5.32 Å². The largest absolute Gasteiger partial charge is 0.445 e. The first-order valence-corrected chi connectivity index (χ1v) is 6.07. The molecule has 1 heterocycles. The van der Waals surface area contributed by atoms with Gasteiger partial charge < -0.3 is 10.1 Å². The van der Waals surface area contributed by atoms with Crippen LogP contribution in [-0.2, 0) is 11.3 Å². The van der Waals surface area contributed by atoms with Crippen LogP contribution in [0.15, 0.2) is 54.7 Å². The summed E-state index contributed by atoms with van der Waals surface area (Å²) in [5.41, 5.74) is 1.36. The molecule has 1 atom stereocenters. The highest BCUT2D eigenvalue weighted by Crippen LogP contribution is 2.08. The Labute approximate surface area is 116 Å². The third kappa shape index (κ3) is 3.82. The molecule has 1 unspecified atom stereocenters. The van der Waals surface area contributed by atoms with Crippen molar-refractivity contribution in [2.75, 3.05) is 0 Å². The van der Waals surface area contributed by atoms with E-state index < -0.39 is 12.1 Å². The molecule has 100 valence electrons. The maximum absolute atomic E-state index is 11.6. The van der Waals surface area contributed by atoms with Crippen LogP contribution in [-0.4, -0.2) is 11.1 Å². The van der Waals surface area contributed by atoms with Crippen LogP contribution in [0.2, 0.25) is 0 Å². The lowest BCUT2D eigenvalue weighted by molar-refractivity contribution is 0.137. The van der Waals surface area contributed by atoms with E-state index in [0.717, 1.165) is 5.56 Å². The minimum absolute atomic E-state index is 0.160. The zero-order chi connectivity index (χ0) is 14.2. The van der Waals surface area contributed by atoms with Crippen LogP contribution in [0.25, 0.3) is 0 Å². The average Bonchev–Trinajstić information content (AvgIpc) is 2.52. The first-order chi connectivity index (χ1) is 9.79. The van der Waals surface area contributed by atoms with E-state index in [1.54, 1.807) is 24.4 Å². The van der Waals surface area contributed by atoms with Crippen LogP contribution >= 0.6 is 0 Å². The predicted octanol–water partition coefficient (Wildman–Crippen LogP) is 2.57. The molecule has 0 aliphatic rings. The lowest BCUT2D eigenvalue weighted by atomic mass is 10.2. The van der Waals surface area contributed by atoms with Crippen LogP contribution in [0.3, 0.4) is 0 Å². The summed E-state index contributed by atoms with van der Waals surface area (Å²) in [5.74, 6) is 0. The molecule has 2 rings (SSSR count). The quantitative estimate of drug-likeness (QED) is 0.923. The number of alkyl carbamates (subject to hydrolysis) is 1. The van der Waals surface area contributed by atoms with Gasteiger partial charge in [0.15, 0.2) is 6.04 Å². The summed E-state index contributed by atoms with van der Waals surface area (Å²) in [6.07, 6.45) is 0.919. The number of aromatic nitrogens is 1. The molecule has 0 radical (unpaired) electrons. The Kier molecular flexibility index (Phi) is 4.68. The van der Waals surface area contributed by atoms with Crippen LogP contribution in [0.4, 0.5) is 4.79 Å². The molecule has 1 N–H and O–H groups in total. The molecule has 0 spiro atoms. The van der Waals surface area contributed by atoms with Gasteiger partial charge in [-0.3, -0.25) is 4.98 Å². The number of pyridine rings is 1. The molecule has 5 heteroatoms. The number of benzene rings is 1. The summed E-state index contributed by atoms with van der Waals surface area (Å²) in [7, 11) is 0. The number of nitrogens with one attached hydrogen (secondary N) is 1. The van der Waals surface area contributed by atoms with Gasteiger partial charge in [0.2, 0.25) is 0 Å². The first-order valence-electron chi connectivity index (χ1n) is 6.07. The van der Waals surface area contributed by atoms with Crippen molar-refractivity contribution in [3.63, 3.8) is 0 Å². The van der Waals surface area contributed by atoms with E-state index in [1.807, 2.05) is 36.4 Å². The lowest BCUT2D eigenvalue weighted by Crippen LogP contribution is -2.28. The van der Waals surface area contributed by atoms with E-state index in [0.29, 0.717) is 5.69 Å². The fraction of sp³-hybridized carbons (Fsp3) is 0.133. The van der Waals surface area contributed by atoms with E-state index in [9.17, 15) is 4.79 Å². The Morgan fingerprint density at radius 2 is 2.00 bits per heavy atom. The summed E-state index contributed by atoms with van der Waals surface area (Å²) >= 11 is 0. The zero-order valence-corrected chi connectivity index (χ0v) is 10.7. The molecule has 0 bridgehead atoms. The molecule has 5 nitrogen and oxygen atoms in total. The SMILES string of the molecule is N#CC(NC(=O)OCc1ccccc1)c1ccccn1. The molecule has 2 aromatic rings. The fourth-order valence-electron chi connectivity index (χ4n) is 1.60. The second-order valence-electron chi connectivity index (χ2n) is 4.02. The summed E-state index contributed by atoms with van der Waals surface area (Å²) in [6, 6.07) is 15.6. The topological polar surface area (TPSA) is 75.0 Å². The van der Waals surface area contributed by atoms with Crippen molar-refractivity contribution in [2.24, 2.45) is 0 Å². The van der Waals surface area contributed by atoms with E-state index >= 15 is 0 Å². The Balaban J connectivity index is 1.89. The summed E-state index contributed by atoms with van der Waals surface area (Å²) in [6.45, 7) is 0.160. The number of carbonyl (C=O) groups excluding carboxylic acids is 1. The molecule has 1 amide bonds. The van der Waals surface area contributed by atoms with Gasteiger partial charge in [-0.05, 0) is 17.7 Å². The molecule has 1 aromatic carbocycles. The molecule has 0 fully saturated rings. The summed E-state index contributed by atoms with van der Waals surface area (Å²) in [4.78, 5) is 15.7. The van der Waals surface area contributed by atoms with Gasteiger partial charge in [0.1, 0.15) is 6.61 Å². The Morgan fingerprint density at radius 1 is 1.25 bits per heavy atom. The summed E-state index contributed by atoms with van der Waals surface area (Å²) in [5, 5.41) is 11.5. The molecule has 0 saturated carbocycles. The van der Waals surface area contributed by atoms with Crippen molar-refractivity contribution < 1.29 is 9.53 Å². The van der Waals surface area contributed by atoms with Crippen LogP contribution in [0.5, 0.6) is 0 Å². The van der Waals surface area contributed by atoms with E-state index in [-0.39, 0.29) is 6.61 Å². The molecule has 0 saturated heterocycles. The number of rotatable bonds is 4. The van der Waals surface area contributed by atoms with Crippen LogP contribution in [0.1, 0.15) is 17.3 Å². The second kappa shape index (κ2) is 6.90. The maximum Gasteiger partial charge on any atom is 0.408 e. The van der Waals surface area contributed by atoms with Gasteiger partial charge in [-0.15, -0.1) is 0 Å². The third-order valence-electron chi connectivity index (χ3n) is 2.59. The molecule has 20 heavy (non-hydrogen) atoms. The van der Waals surface area contributed by atoms with Gasteiger partial charge in [0, 0.05) is 6.20 Å². The van der Waals surface area contributed by atoms with Gasteiger partial charge >= 0.3 is 6.09 Å². The fourth-order valence-corrected chi connectivity index (χ4v) is 1.60. The number of carbonyl (C=O) groups is 1. The molecular formula is C15H13N3O2. The standard InChI is InChI=1S/C15H13N3O2/c16-10-14(13-8-4-5-9-17-13)18-15(19)20-11-12-6-2-1-3-7-12/h1-9,14H,11H2,(H,18,19). The number of ether oxygens (including phenoxy) is 1. The minimum atomic E-state index is -0.820. The normalized spacial score (nSPS) is 11.2. The Bertz CT molecular complexity index is 594. The van der Waals surface area contributed by atoms with E-state index in [4.69, 9.17) is 10.00 Å². The van der Waals surface area contributed by atoms with Crippen molar-refractivity contribution in [1.82, 2.24) is 10.3 Å². The number of amides is 1. The number of nitriles is 1. The summed E-state index contributed by atoms with van der Waals surface area (Å²) < 4.78 is 5.05. The zero-order valence-electron chi connectivity index (χ0n) is 10.7. The predicted molar refractivity (Wildman–Crippen MR) is 72.4 cm³/mol. The van der Waals surface area contributed by atoms with Crippen molar-refractivity contribution in [1.29, 1.82) is 5.26 Å². The van der Waals surface area contributed by atoms with E-state index in [2.05, 4.69) is 10.3 Å². The maximum atomic E-state index is 11.6. The minimum Gasteiger partial charge on any atom is -0.445 e. The average molecular weight is 267 g/mol. The van der Waals surface area contributed by atoms with Gasteiger partial charge in [-0.2, -0.15) is 5.26 Å². The van der Waals surface area contributed by atoms with Crippen molar-refractivity contribution in [3.05, 3.63) is 66.0 Å². The van der Waals surface area contributed by atoms with Crippen LogP contribution in [0, 0.1) is 11.3 Å². The van der Waals surface area contributed by atoms with Crippen molar-refractivity contribution >= 4 is 6.09 Å². The molecular weight excluding hydrogens is 254 g/mol. The molecule has 0 aliphatic heterocycles. The monoisotopic (exact) mass is 267 g/mol. The van der Waals surface area contributed by atoms with Gasteiger partial charge in [-0.1, -0.05) is 36.4 Å². The van der Waals surface area contributed by atoms with Crippen molar-refractivity contribution in [3.8, 4) is 6.07 Å². The highest BCUT2D eigenvalue weighted by atomic mass is 16.5. The smallest absolute Gasteiger partial charge is 0.408 e. The lowest BCUT2D eigenvalue weighted by Gasteiger charge is -2.11. The van der Waals surface area contributed by atoms with Gasteiger partial charge in [0.25, 0.3) is 0 Å². The number of hydrogen-bond donors (Lipinski definition) is 1. The number of hydrogen-bond acceptors (Lipinski definition) is 4. The van der Waals surface area contributed by atoms with Crippen molar-refractivity contribution in [2.45, 2.75) is 12.6 Å². The molecule has 0 aliphatic carbocycles. The number of nitrogens with zero attached hydrogens (tertiary/aromatic N) is 2. The van der Waals surface area contributed by atoms with Gasteiger partial charge in [0.05, 0.1) is 11.8 Å². The van der Waals surface area contributed by atoms with E-state index in [1.165, 1.54) is 0 Å².